The summed E-state index contributed by atoms with van der Waals surface area (Å²) >= 11 is 0. The summed E-state index contributed by atoms with van der Waals surface area (Å²) < 4.78 is 5.25. The number of hydrogen-bond donors (Lipinski definition) is 2. The molecule has 1 heterocycles. The van der Waals surface area contributed by atoms with Crippen molar-refractivity contribution in [2.45, 2.75) is 25.7 Å². The van der Waals surface area contributed by atoms with Crippen molar-refractivity contribution in [3.63, 3.8) is 0 Å². The topological polar surface area (TPSA) is 105 Å². The van der Waals surface area contributed by atoms with Crippen LogP contribution in [0.25, 0.3) is 11.3 Å². The van der Waals surface area contributed by atoms with Crippen LogP contribution in [0, 0.1) is 5.92 Å². The van der Waals surface area contributed by atoms with Gasteiger partial charge in [0.15, 0.2) is 5.78 Å². The molecule has 0 bridgehead atoms. The number of carboxylic acids is 2. The third-order valence-corrected chi connectivity index (χ3v) is 4.95. The Balaban J connectivity index is 1.59. The second kappa shape index (κ2) is 9.69. The van der Waals surface area contributed by atoms with Crippen LogP contribution >= 0.6 is 0 Å². The molecule has 0 saturated carbocycles. The number of hydrogen-bond acceptors (Lipinski definition) is 4. The molecule has 6 heteroatoms. The Bertz CT molecular complexity index is 1020. The van der Waals surface area contributed by atoms with E-state index in [9.17, 15) is 19.5 Å². The number of furan rings is 1. The first-order chi connectivity index (χ1) is 14.4. The van der Waals surface area contributed by atoms with Crippen LogP contribution in [0.2, 0.25) is 0 Å². The fourth-order valence-electron chi connectivity index (χ4n) is 3.28. The Morgan fingerprint density at radius 2 is 1.57 bits per heavy atom. The number of aliphatic carboxylic acids is 1. The lowest BCUT2D eigenvalue weighted by Crippen LogP contribution is -2.18. The molecule has 0 radical (unpaired) electrons. The molecule has 154 valence electrons. The lowest BCUT2D eigenvalue weighted by molar-refractivity contribution is -0.141. The molecule has 0 aliphatic heterocycles. The predicted octanol–water partition coefficient (Wildman–Crippen LogP) is 4.94. The van der Waals surface area contributed by atoms with Crippen LogP contribution in [0.4, 0.5) is 0 Å². The smallest absolute Gasteiger partial charge is 0.371 e. The second-order valence-corrected chi connectivity index (χ2v) is 7.09. The number of benzene rings is 2. The summed E-state index contributed by atoms with van der Waals surface area (Å²) in [5.41, 5.74) is 2.20. The summed E-state index contributed by atoms with van der Waals surface area (Å²) in [4.78, 5) is 35.1. The molecule has 0 spiro atoms. The van der Waals surface area contributed by atoms with Crippen LogP contribution in [-0.4, -0.2) is 27.9 Å². The summed E-state index contributed by atoms with van der Waals surface area (Å²) in [6, 6.07) is 19.3. The summed E-state index contributed by atoms with van der Waals surface area (Å²) in [5, 5.41) is 18.4. The van der Waals surface area contributed by atoms with Crippen molar-refractivity contribution in [3.8, 4) is 11.3 Å². The molecule has 6 nitrogen and oxygen atoms in total. The average molecular weight is 406 g/mol. The highest BCUT2D eigenvalue weighted by Gasteiger charge is 2.22. The van der Waals surface area contributed by atoms with Crippen LogP contribution in [0.15, 0.2) is 71.1 Å². The van der Waals surface area contributed by atoms with Gasteiger partial charge in [-0.3, -0.25) is 9.59 Å². The predicted molar refractivity (Wildman–Crippen MR) is 111 cm³/mol. The molecule has 2 N–H and O–H groups in total. The molecule has 2 aromatic carbocycles. The van der Waals surface area contributed by atoms with Gasteiger partial charge in [0.05, 0.1) is 5.92 Å². The van der Waals surface area contributed by atoms with E-state index in [4.69, 9.17) is 9.52 Å². The fourth-order valence-corrected chi connectivity index (χ4v) is 3.28. The summed E-state index contributed by atoms with van der Waals surface area (Å²) in [6.07, 6.45) is 1.83. The molecular weight excluding hydrogens is 384 g/mol. The first-order valence-corrected chi connectivity index (χ1v) is 9.67. The van der Waals surface area contributed by atoms with Gasteiger partial charge in [0.1, 0.15) is 5.76 Å². The van der Waals surface area contributed by atoms with Gasteiger partial charge in [-0.1, -0.05) is 54.6 Å². The van der Waals surface area contributed by atoms with E-state index < -0.39 is 17.9 Å². The van der Waals surface area contributed by atoms with Crippen LogP contribution in [0.1, 0.15) is 45.7 Å². The van der Waals surface area contributed by atoms with Gasteiger partial charge in [0.2, 0.25) is 5.76 Å². The third-order valence-electron chi connectivity index (χ3n) is 4.95. The average Bonchev–Trinajstić information content (AvgIpc) is 3.24. The lowest BCUT2D eigenvalue weighted by Gasteiger charge is -2.12. The van der Waals surface area contributed by atoms with E-state index in [0.717, 1.165) is 12.0 Å². The van der Waals surface area contributed by atoms with Gasteiger partial charge in [-0.05, 0) is 37.0 Å². The molecule has 3 aromatic rings. The maximum Gasteiger partial charge on any atom is 0.371 e. The number of rotatable bonds is 10. The van der Waals surface area contributed by atoms with Gasteiger partial charge in [-0.2, -0.15) is 0 Å². The Morgan fingerprint density at radius 3 is 2.17 bits per heavy atom. The van der Waals surface area contributed by atoms with Gasteiger partial charge in [0, 0.05) is 17.5 Å². The second-order valence-electron chi connectivity index (χ2n) is 7.09. The minimum absolute atomic E-state index is 0.0621. The quantitative estimate of drug-likeness (QED) is 0.462. The molecule has 0 fully saturated rings. The van der Waals surface area contributed by atoms with Crippen molar-refractivity contribution in [1.82, 2.24) is 0 Å². The van der Waals surface area contributed by atoms with Gasteiger partial charge < -0.3 is 14.6 Å². The number of carboxylic acid groups (broad SMARTS) is 2. The lowest BCUT2D eigenvalue weighted by atomic mass is 9.92. The van der Waals surface area contributed by atoms with E-state index in [1.165, 1.54) is 6.07 Å². The van der Waals surface area contributed by atoms with Gasteiger partial charge in [0.25, 0.3) is 0 Å². The van der Waals surface area contributed by atoms with E-state index in [0.29, 0.717) is 29.7 Å². The van der Waals surface area contributed by atoms with E-state index in [2.05, 4.69) is 0 Å². The fraction of sp³-hybridized carbons (Fsp3) is 0.208. The first kappa shape index (κ1) is 21.0. The molecule has 1 aromatic heterocycles. The standard InChI is InChI=1S/C24H22O6/c25-20(15-19(23(26)27)8-4-7-16-5-2-1-3-6-16)17-9-11-18(12-10-17)21-13-14-22(30-21)24(28)29/h1-3,5-6,9-14,19H,4,7-8,15H2,(H,26,27)(H,28,29). The van der Waals surface area contributed by atoms with Crippen molar-refractivity contribution in [2.75, 3.05) is 0 Å². The van der Waals surface area contributed by atoms with Crippen LogP contribution in [0.3, 0.4) is 0 Å². The minimum Gasteiger partial charge on any atom is -0.481 e. The van der Waals surface area contributed by atoms with E-state index >= 15 is 0 Å². The monoisotopic (exact) mass is 406 g/mol. The number of carbonyl (C=O) groups is 3. The number of carbonyl (C=O) groups excluding carboxylic acids is 1. The van der Waals surface area contributed by atoms with E-state index in [1.807, 2.05) is 30.3 Å². The Labute approximate surface area is 173 Å². The van der Waals surface area contributed by atoms with Crippen molar-refractivity contribution in [1.29, 1.82) is 0 Å². The number of aromatic carboxylic acids is 1. The summed E-state index contributed by atoms with van der Waals surface area (Å²) in [5.74, 6) is -2.87. The van der Waals surface area contributed by atoms with Crippen molar-refractivity contribution in [3.05, 3.63) is 83.6 Å². The van der Waals surface area contributed by atoms with E-state index in [1.54, 1.807) is 30.3 Å². The zero-order valence-electron chi connectivity index (χ0n) is 16.3. The van der Waals surface area contributed by atoms with Gasteiger partial charge in [-0.25, -0.2) is 4.79 Å². The zero-order chi connectivity index (χ0) is 21.5. The Kier molecular flexibility index (Phi) is 6.80. The van der Waals surface area contributed by atoms with Gasteiger partial charge >= 0.3 is 11.9 Å². The largest absolute Gasteiger partial charge is 0.481 e. The molecule has 0 saturated heterocycles. The summed E-state index contributed by atoms with van der Waals surface area (Å²) in [7, 11) is 0. The normalized spacial score (nSPS) is 11.7. The molecule has 0 aliphatic rings. The van der Waals surface area contributed by atoms with E-state index in [-0.39, 0.29) is 18.0 Å². The van der Waals surface area contributed by atoms with Crippen molar-refractivity contribution in [2.24, 2.45) is 5.92 Å². The maximum atomic E-state index is 12.6. The van der Waals surface area contributed by atoms with Crippen LogP contribution in [-0.2, 0) is 11.2 Å². The third kappa shape index (κ3) is 5.44. The molecule has 0 amide bonds. The van der Waals surface area contributed by atoms with Crippen molar-refractivity contribution < 1.29 is 29.0 Å². The molecule has 3 rings (SSSR count). The molecular formula is C24H22O6. The van der Waals surface area contributed by atoms with Gasteiger partial charge in [-0.15, -0.1) is 0 Å². The SMILES string of the molecule is O=C(CC(CCCc1ccccc1)C(=O)O)c1ccc(-c2ccc(C(=O)O)o2)cc1. The van der Waals surface area contributed by atoms with Crippen LogP contribution < -0.4 is 0 Å². The Hall–Kier alpha value is -3.67. The highest BCUT2D eigenvalue weighted by atomic mass is 16.4. The van der Waals surface area contributed by atoms with Crippen molar-refractivity contribution >= 4 is 17.7 Å². The molecule has 0 aliphatic carbocycles. The van der Waals surface area contributed by atoms with Crippen LogP contribution in [0.5, 0.6) is 0 Å². The first-order valence-electron chi connectivity index (χ1n) is 9.67. The molecule has 30 heavy (non-hydrogen) atoms. The highest BCUT2D eigenvalue weighted by molar-refractivity contribution is 5.98. The number of aryl methyl sites for hydroxylation is 1. The zero-order valence-corrected chi connectivity index (χ0v) is 16.3. The minimum atomic E-state index is -1.15. The summed E-state index contributed by atoms with van der Waals surface area (Å²) in [6.45, 7) is 0. The highest BCUT2D eigenvalue weighted by Crippen LogP contribution is 2.24. The Morgan fingerprint density at radius 1 is 0.867 bits per heavy atom. The number of Topliss-reactive ketones (excluding diaryl/α,β-unsaturated/α-hetero) is 1. The molecule has 1 unspecified atom stereocenters. The maximum absolute atomic E-state index is 12.6. The number of ketones is 1. The molecule has 1 atom stereocenters.